The van der Waals surface area contributed by atoms with E-state index in [9.17, 15) is 0 Å². The maximum Gasteiger partial charge on any atom is 0.252 e. The molecule has 6 nitrogen and oxygen atoms in total. The lowest BCUT2D eigenvalue weighted by Crippen LogP contribution is -2.59. The predicted octanol–water partition coefficient (Wildman–Crippen LogP) is 8.13. The first kappa shape index (κ1) is 27.8. The fraction of sp³-hybridized carbons (Fsp3) is 0.0435. The van der Waals surface area contributed by atoms with Crippen LogP contribution in [-0.4, -0.2) is 34.9 Å². The SMILES string of the molecule is Cn1c(-c2ccc3c4c2c2ccccc2n4-c2cccc4c2B3c2ccc(-c3nc5ccccc5n3C)c3c5ccccc5n-4c23)nc2ccccc21. The third-order valence-corrected chi connectivity index (χ3v) is 12.2. The summed E-state index contributed by atoms with van der Waals surface area (Å²) in [7, 11) is 4.28. The van der Waals surface area contributed by atoms with Gasteiger partial charge in [-0.3, -0.25) is 0 Å². The third-order valence-electron chi connectivity index (χ3n) is 12.2. The molecule has 246 valence electrons. The van der Waals surface area contributed by atoms with E-state index >= 15 is 0 Å². The summed E-state index contributed by atoms with van der Waals surface area (Å²) in [4.78, 5) is 10.4. The van der Waals surface area contributed by atoms with Crippen LogP contribution >= 0.6 is 0 Å². The number of imidazole rings is 2. The summed E-state index contributed by atoms with van der Waals surface area (Å²) < 4.78 is 9.55. The van der Waals surface area contributed by atoms with Gasteiger partial charge in [-0.05, 0) is 64.9 Å². The number of aryl methyl sites for hydroxylation is 2. The normalized spacial score (nSPS) is 13.1. The second kappa shape index (κ2) is 9.52. The Bertz CT molecular complexity index is 3220. The second-order valence-electron chi connectivity index (χ2n) is 14.7. The van der Waals surface area contributed by atoms with E-state index in [1.165, 1.54) is 71.4 Å². The van der Waals surface area contributed by atoms with Crippen molar-refractivity contribution in [2.75, 3.05) is 0 Å². The van der Waals surface area contributed by atoms with E-state index in [0.717, 1.165) is 44.8 Å². The van der Waals surface area contributed by atoms with Gasteiger partial charge in [-0.1, -0.05) is 91.0 Å². The average Bonchev–Trinajstić information content (AvgIpc) is 3.94. The number of fused-ring (bicyclic) bond motifs is 12. The summed E-state index contributed by atoms with van der Waals surface area (Å²) in [6.07, 6.45) is 0. The largest absolute Gasteiger partial charge is 0.327 e. The molecule has 2 aliphatic heterocycles. The van der Waals surface area contributed by atoms with Gasteiger partial charge in [-0.15, -0.1) is 0 Å². The zero-order valence-electron chi connectivity index (χ0n) is 29.0. The molecule has 7 aromatic carbocycles. The van der Waals surface area contributed by atoms with Gasteiger partial charge in [0.25, 0.3) is 6.71 Å². The van der Waals surface area contributed by atoms with E-state index in [-0.39, 0.29) is 6.71 Å². The zero-order chi connectivity index (χ0) is 34.7. The molecule has 13 rings (SSSR count). The summed E-state index contributed by atoms with van der Waals surface area (Å²) in [5.41, 5.74) is 18.0. The lowest BCUT2D eigenvalue weighted by Gasteiger charge is -2.33. The molecule has 0 aliphatic carbocycles. The van der Waals surface area contributed by atoms with Crippen LogP contribution in [0.15, 0.2) is 140 Å². The van der Waals surface area contributed by atoms with Crippen molar-refractivity contribution < 1.29 is 0 Å². The summed E-state index contributed by atoms with van der Waals surface area (Å²) in [5, 5.41) is 5.00. The van der Waals surface area contributed by atoms with Crippen LogP contribution in [-0.2, 0) is 14.1 Å². The van der Waals surface area contributed by atoms with Gasteiger partial charge in [0.2, 0.25) is 0 Å². The molecule has 0 unspecified atom stereocenters. The van der Waals surface area contributed by atoms with Crippen molar-refractivity contribution in [2.45, 2.75) is 0 Å². The maximum absolute atomic E-state index is 5.22. The van der Waals surface area contributed by atoms with Gasteiger partial charge in [0.15, 0.2) is 0 Å². The minimum atomic E-state index is 0.0452. The highest BCUT2D eigenvalue weighted by atomic mass is 15.1. The zero-order valence-corrected chi connectivity index (χ0v) is 29.0. The lowest BCUT2D eigenvalue weighted by atomic mass is 9.34. The molecule has 0 bridgehead atoms. The van der Waals surface area contributed by atoms with Crippen LogP contribution in [0.25, 0.3) is 99.8 Å². The van der Waals surface area contributed by atoms with Crippen LogP contribution < -0.4 is 16.4 Å². The molecule has 4 aromatic heterocycles. The fourth-order valence-electron chi connectivity index (χ4n) is 10.1. The molecule has 0 atom stereocenters. The van der Waals surface area contributed by atoms with Crippen molar-refractivity contribution in [3.8, 4) is 34.2 Å². The van der Waals surface area contributed by atoms with Gasteiger partial charge in [0, 0.05) is 58.1 Å². The van der Waals surface area contributed by atoms with Gasteiger partial charge < -0.3 is 18.3 Å². The first-order chi connectivity index (χ1) is 26.2. The van der Waals surface area contributed by atoms with Gasteiger partial charge in [-0.2, -0.15) is 0 Å². The Balaban J connectivity index is 1.18. The molecular formula is C46H29BN6. The van der Waals surface area contributed by atoms with E-state index in [2.05, 4.69) is 172 Å². The van der Waals surface area contributed by atoms with Gasteiger partial charge in [0.05, 0.1) is 44.1 Å². The quantitative estimate of drug-likeness (QED) is 0.174. The number of aromatic nitrogens is 6. The van der Waals surface area contributed by atoms with E-state index in [1.54, 1.807) is 0 Å². The van der Waals surface area contributed by atoms with E-state index in [1.807, 2.05) is 0 Å². The summed E-state index contributed by atoms with van der Waals surface area (Å²) in [6.45, 7) is 0.0452. The number of nitrogens with zero attached hydrogens (tertiary/aromatic N) is 6. The second-order valence-corrected chi connectivity index (χ2v) is 14.7. The summed E-state index contributed by atoms with van der Waals surface area (Å²) in [5.74, 6) is 1.97. The van der Waals surface area contributed by atoms with E-state index in [0.29, 0.717) is 0 Å². The average molecular weight is 677 g/mol. The van der Waals surface area contributed by atoms with Crippen molar-refractivity contribution in [3.05, 3.63) is 140 Å². The van der Waals surface area contributed by atoms with Crippen molar-refractivity contribution >= 4 is 88.8 Å². The molecule has 0 saturated carbocycles. The first-order valence-corrected chi connectivity index (χ1v) is 18.3. The highest BCUT2D eigenvalue weighted by molar-refractivity contribution is 7.00. The van der Waals surface area contributed by atoms with Crippen LogP contribution in [0, 0.1) is 0 Å². The number of para-hydroxylation sites is 6. The number of hydrogen-bond donors (Lipinski definition) is 0. The van der Waals surface area contributed by atoms with Crippen LogP contribution in [0.1, 0.15) is 0 Å². The van der Waals surface area contributed by atoms with Crippen LogP contribution in [0.4, 0.5) is 0 Å². The topological polar surface area (TPSA) is 45.5 Å². The Hall–Kier alpha value is -6.86. The van der Waals surface area contributed by atoms with Crippen molar-refractivity contribution in [1.82, 2.24) is 28.2 Å². The molecule has 11 aromatic rings. The van der Waals surface area contributed by atoms with Crippen LogP contribution in [0.2, 0.25) is 0 Å². The highest BCUT2D eigenvalue weighted by Crippen LogP contribution is 2.44. The minimum Gasteiger partial charge on any atom is -0.327 e. The molecule has 6 heterocycles. The lowest BCUT2D eigenvalue weighted by molar-refractivity contribution is 0.961. The van der Waals surface area contributed by atoms with Crippen molar-refractivity contribution in [1.29, 1.82) is 0 Å². The molecule has 53 heavy (non-hydrogen) atoms. The molecule has 0 spiro atoms. The Kier molecular flexibility index (Phi) is 5.00. The Morgan fingerprint density at radius 1 is 0.434 bits per heavy atom. The first-order valence-electron chi connectivity index (χ1n) is 18.3. The minimum absolute atomic E-state index is 0.0452. The highest BCUT2D eigenvalue weighted by Gasteiger charge is 2.41. The molecule has 0 amide bonds. The molecular weight excluding hydrogens is 647 g/mol. The van der Waals surface area contributed by atoms with Gasteiger partial charge in [0.1, 0.15) is 11.6 Å². The Morgan fingerprint density at radius 3 is 1.34 bits per heavy atom. The number of hydrogen-bond acceptors (Lipinski definition) is 2. The number of rotatable bonds is 2. The Morgan fingerprint density at radius 2 is 0.868 bits per heavy atom. The van der Waals surface area contributed by atoms with Gasteiger partial charge in [-0.25, -0.2) is 9.97 Å². The molecule has 0 saturated heterocycles. The Labute approximate surface area is 303 Å². The molecule has 0 fully saturated rings. The summed E-state index contributed by atoms with van der Waals surface area (Å²) >= 11 is 0. The summed E-state index contributed by atoms with van der Waals surface area (Å²) in [6, 6.07) is 51.0. The van der Waals surface area contributed by atoms with E-state index < -0.39 is 0 Å². The van der Waals surface area contributed by atoms with Gasteiger partial charge >= 0.3 is 0 Å². The van der Waals surface area contributed by atoms with Crippen LogP contribution in [0.3, 0.4) is 0 Å². The molecule has 2 aliphatic rings. The van der Waals surface area contributed by atoms with Crippen LogP contribution in [0.5, 0.6) is 0 Å². The number of benzene rings is 7. The third kappa shape index (κ3) is 3.24. The fourth-order valence-corrected chi connectivity index (χ4v) is 10.1. The van der Waals surface area contributed by atoms with E-state index in [4.69, 9.17) is 9.97 Å². The molecule has 0 N–H and O–H groups in total. The van der Waals surface area contributed by atoms with Crippen molar-refractivity contribution in [2.24, 2.45) is 14.1 Å². The smallest absolute Gasteiger partial charge is 0.252 e. The molecule has 7 heteroatoms. The standard InChI is InChI=1S/C46H29BN6/c1-50-36-18-9-5-14-32(36)48-45(50)28-22-24-30-43-40(28)26-12-3-7-16-34(26)52(43)38-20-11-21-39-42(38)47(30)31-25-23-29(46-49-33-15-6-10-19-37(33)51(46)2)41-27-13-4-8-17-35(27)53(39)44(31)41/h3-25H,1-2H3. The monoisotopic (exact) mass is 676 g/mol. The molecule has 0 radical (unpaired) electrons. The van der Waals surface area contributed by atoms with Crippen molar-refractivity contribution in [3.63, 3.8) is 0 Å². The predicted molar refractivity (Wildman–Crippen MR) is 219 cm³/mol. The maximum atomic E-state index is 5.22.